The number of hydrogen-bond acceptors (Lipinski definition) is 5. The fourth-order valence-electron chi connectivity index (χ4n) is 1.59. The monoisotopic (exact) mass is 259 g/mol. The Hall–Kier alpha value is -2.17. The van der Waals surface area contributed by atoms with E-state index in [0.29, 0.717) is 11.8 Å². The Bertz CT molecular complexity index is 478. The lowest BCUT2D eigenvalue weighted by Crippen LogP contribution is -2.11. The van der Waals surface area contributed by atoms with E-state index in [-0.39, 0.29) is 12.0 Å². The maximum absolute atomic E-state index is 5.57. The molecule has 1 aromatic carbocycles. The van der Waals surface area contributed by atoms with Gasteiger partial charge in [0.05, 0.1) is 6.04 Å². The summed E-state index contributed by atoms with van der Waals surface area (Å²) >= 11 is 0. The van der Waals surface area contributed by atoms with Crippen LogP contribution in [0.15, 0.2) is 30.3 Å². The summed E-state index contributed by atoms with van der Waals surface area (Å²) in [5.74, 6) is 1.35. The van der Waals surface area contributed by atoms with Crippen LogP contribution in [-0.4, -0.2) is 15.0 Å². The molecule has 0 aliphatic rings. The van der Waals surface area contributed by atoms with Crippen molar-refractivity contribution in [1.82, 2.24) is 15.0 Å². The quantitative estimate of drug-likeness (QED) is 0.886. The van der Waals surface area contributed by atoms with Crippen LogP contribution in [0.2, 0.25) is 0 Å². The molecule has 102 valence electrons. The van der Waals surface area contributed by atoms with Crippen molar-refractivity contribution in [2.24, 2.45) is 0 Å². The van der Waals surface area contributed by atoms with Crippen LogP contribution < -0.4 is 11.1 Å². The van der Waals surface area contributed by atoms with Gasteiger partial charge in [-0.2, -0.15) is 15.0 Å². The van der Waals surface area contributed by atoms with Gasteiger partial charge in [0.15, 0.2) is 0 Å². The van der Waals surface area contributed by atoms with Crippen molar-refractivity contribution in [3.8, 4) is 0 Å². The molecule has 1 heterocycles. The molecule has 0 spiro atoms. The lowest BCUT2D eigenvalue weighted by Gasteiger charge is -2.14. The third-order valence-electron chi connectivity index (χ3n) is 2.41. The average Bonchev–Trinajstić information content (AvgIpc) is 2.41. The fourth-order valence-corrected chi connectivity index (χ4v) is 1.59. The molecule has 0 bridgehead atoms. The number of nitrogen functional groups attached to an aromatic ring is 1. The second-order valence-corrected chi connectivity index (χ2v) is 3.84. The maximum Gasteiger partial charge on any atom is 0.228 e. The average molecular weight is 259 g/mol. The minimum Gasteiger partial charge on any atom is -0.368 e. The van der Waals surface area contributed by atoms with Gasteiger partial charge in [-0.3, -0.25) is 0 Å². The Kier molecular flexibility index (Phi) is 5.73. The smallest absolute Gasteiger partial charge is 0.228 e. The van der Waals surface area contributed by atoms with Crippen molar-refractivity contribution in [3.05, 3.63) is 41.7 Å². The largest absolute Gasteiger partial charge is 0.368 e. The summed E-state index contributed by atoms with van der Waals surface area (Å²) in [7, 11) is 0. The Balaban J connectivity index is 0.000000861. The summed E-state index contributed by atoms with van der Waals surface area (Å²) in [6, 6.07) is 10.2. The van der Waals surface area contributed by atoms with Crippen LogP contribution in [0.5, 0.6) is 0 Å². The fraction of sp³-hybridized carbons (Fsp3) is 0.357. The molecule has 3 N–H and O–H groups in total. The molecular weight excluding hydrogens is 238 g/mol. The number of benzene rings is 1. The van der Waals surface area contributed by atoms with Crippen LogP contribution in [0.4, 0.5) is 11.9 Å². The summed E-state index contributed by atoms with van der Waals surface area (Å²) in [6.07, 6.45) is 0. The van der Waals surface area contributed by atoms with E-state index in [1.54, 1.807) is 6.92 Å². The molecule has 0 saturated heterocycles. The minimum atomic E-state index is 0.123. The third-order valence-corrected chi connectivity index (χ3v) is 2.41. The predicted molar refractivity (Wildman–Crippen MR) is 78.8 cm³/mol. The Morgan fingerprint density at radius 2 is 1.68 bits per heavy atom. The number of nitrogens with one attached hydrogen (secondary N) is 1. The summed E-state index contributed by atoms with van der Waals surface area (Å²) in [4.78, 5) is 12.2. The highest BCUT2D eigenvalue weighted by Crippen LogP contribution is 2.16. The predicted octanol–water partition coefficient (Wildman–Crippen LogP) is 2.96. The lowest BCUT2D eigenvalue weighted by atomic mass is 10.1. The van der Waals surface area contributed by atoms with E-state index in [2.05, 4.69) is 32.4 Å². The first-order chi connectivity index (χ1) is 9.15. The lowest BCUT2D eigenvalue weighted by molar-refractivity contribution is 0.848. The number of rotatable bonds is 3. The van der Waals surface area contributed by atoms with E-state index in [1.165, 1.54) is 5.56 Å². The molecule has 1 atom stereocenters. The number of aryl methyl sites for hydroxylation is 1. The Morgan fingerprint density at radius 1 is 1.05 bits per heavy atom. The zero-order valence-corrected chi connectivity index (χ0v) is 11.9. The molecule has 0 amide bonds. The molecule has 0 radical (unpaired) electrons. The Morgan fingerprint density at radius 3 is 2.26 bits per heavy atom. The molecule has 0 fully saturated rings. The molecule has 0 aliphatic carbocycles. The van der Waals surface area contributed by atoms with Crippen LogP contribution >= 0.6 is 0 Å². The van der Waals surface area contributed by atoms with Crippen molar-refractivity contribution in [2.75, 3.05) is 11.1 Å². The van der Waals surface area contributed by atoms with Gasteiger partial charge in [-0.15, -0.1) is 0 Å². The van der Waals surface area contributed by atoms with Crippen molar-refractivity contribution < 1.29 is 0 Å². The van der Waals surface area contributed by atoms with Gasteiger partial charge < -0.3 is 11.1 Å². The van der Waals surface area contributed by atoms with Crippen molar-refractivity contribution in [1.29, 1.82) is 0 Å². The zero-order valence-electron chi connectivity index (χ0n) is 11.9. The van der Waals surface area contributed by atoms with Gasteiger partial charge in [0.1, 0.15) is 5.82 Å². The third kappa shape index (κ3) is 4.54. The summed E-state index contributed by atoms with van der Waals surface area (Å²) in [5, 5.41) is 3.20. The van der Waals surface area contributed by atoms with Crippen molar-refractivity contribution in [3.63, 3.8) is 0 Å². The molecule has 5 heteroatoms. The normalized spacial score (nSPS) is 11.2. The first-order valence-electron chi connectivity index (χ1n) is 6.45. The molecule has 1 unspecified atom stereocenters. The highest BCUT2D eigenvalue weighted by Gasteiger charge is 2.07. The van der Waals surface area contributed by atoms with Crippen LogP contribution in [0.25, 0.3) is 0 Å². The number of aromatic nitrogens is 3. The van der Waals surface area contributed by atoms with E-state index in [1.807, 2.05) is 39.0 Å². The summed E-state index contributed by atoms with van der Waals surface area (Å²) < 4.78 is 0. The first kappa shape index (κ1) is 14.9. The van der Waals surface area contributed by atoms with Crippen LogP contribution in [-0.2, 0) is 0 Å². The molecule has 19 heavy (non-hydrogen) atoms. The van der Waals surface area contributed by atoms with Gasteiger partial charge in [-0.1, -0.05) is 44.2 Å². The van der Waals surface area contributed by atoms with Gasteiger partial charge in [-0.25, -0.2) is 0 Å². The van der Waals surface area contributed by atoms with E-state index >= 15 is 0 Å². The van der Waals surface area contributed by atoms with Crippen LogP contribution in [0.3, 0.4) is 0 Å². The first-order valence-corrected chi connectivity index (χ1v) is 6.45. The van der Waals surface area contributed by atoms with Gasteiger partial charge in [0.2, 0.25) is 11.9 Å². The van der Waals surface area contributed by atoms with Gasteiger partial charge in [-0.05, 0) is 19.4 Å². The number of nitrogens with two attached hydrogens (primary N) is 1. The Labute approximate surface area is 114 Å². The van der Waals surface area contributed by atoms with Gasteiger partial charge >= 0.3 is 0 Å². The highest BCUT2D eigenvalue weighted by molar-refractivity contribution is 5.34. The molecule has 1 aromatic heterocycles. The van der Waals surface area contributed by atoms with Crippen LogP contribution in [0, 0.1) is 6.92 Å². The summed E-state index contributed by atoms with van der Waals surface area (Å²) in [6.45, 7) is 7.83. The maximum atomic E-state index is 5.57. The minimum absolute atomic E-state index is 0.123. The van der Waals surface area contributed by atoms with E-state index < -0.39 is 0 Å². The molecule has 0 saturated carbocycles. The molecule has 2 aromatic rings. The van der Waals surface area contributed by atoms with E-state index in [9.17, 15) is 0 Å². The number of hydrogen-bond donors (Lipinski definition) is 2. The number of nitrogens with zero attached hydrogens (tertiary/aromatic N) is 3. The van der Waals surface area contributed by atoms with Gasteiger partial charge in [0, 0.05) is 0 Å². The van der Waals surface area contributed by atoms with Crippen molar-refractivity contribution >= 4 is 11.9 Å². The van der Waals surface area contributed by atoms with Gasteiger partial charge in [0.25, 0.3) is 0 Å². The second kappa shape index (κ2) is 7.31. The summed E-state index contributed by atoms with van der Waals surface area (Å²) in [5.41, 5.74) is 6.74. The second-order valence-electron chi connectivity index (χ2n) is 3.84. The zero-order chi connectivity index (χ0) is 14.3. The molecule has 0 aliphatic heterocycles. The standard InChI is InChI=1S/C12H15N5.C2H6/c1-8(10-6-4-3-5-7-10)14-12-16-9(2)15-11(13)17-12;1-2/h3-8H,1-2H3,(H3,13,14,15,16,17);1-2H3. The topological polar surface area (TPSA) is 76.7 Å². The van der Waals surface area contributed by atoms with E-state index in [0.717, 1.165) is 0 Å². The van der Waals surface area contributed by atoms with E-state index in [4.69, 9.17) is 5.73 Å². The molecule has 5 nitrogen and oxygen atoms in total. The van der Waals surface area contributed by atoms with Crippen molar-refractivity contribution in [2.45, 2.75) is 33.7 Å². The molecular formula is C14H21N5. The highest BCUT2D eigenvalue weighted by atomic mass is 15.2. The SMILES string of the molecule is CC.Cc1nc(N)nc(NC(C)c2ccccc2)n1. The van der Waals surface area contributed by atoms with Crippen LogP contribution in [0.1, 0.15) is 38.2 Å². The number of anilines is 2. The molecule has 2 rings (SSSR count).